The van der Waals surface area contributed by atoms with Gasteiger partial charge in [0.25, 0.3) is 0 Å². The Labute approximate surface area is 91.4 Å². The van der Waals surface area contributed by atoms with Gasteiger partial charge in [-0.15, -0.1) is 0 Å². The van der Waals surface area contributed by atoms with E-state index in [9.17, 15) is 0 Å². The van der Waals surface area contributed by atoms with Crippen LogP contribution in [0.3, 0.4) is 0 Å². The van der Waals surface area contributed by atoms with Crippen LogP contribution < -0.4 is 0 Å². The van der Waals surface area contributed by atoms with E-state index in [0.717, 1.165) is 24.9 Å². The van der Waals surface area contributed by atoms with E-state index >= 15 is 0 Å². The molecule has 1 fully saturated rings. The summed E-state index contributed by atoms with van der Waals surface area (Å²) >= 11 is 0. The Hall–Kier alpha value is -0.830. The number of hydrogen-bond acceptors (Lipinski definition) is 2. The van der Waals surface area contributed by atoms with Crippen LogP contribution in [-0.4, -0.2) is 16.4 Å². The van der Waals surface area contributed by atoms with Crippen molar-refractivity contribution in [3.8, 4) is 0 Å². The number of ether oxygens (including phenoxy) is 1. The highest BCUT2D eigenvalue weighted by molar-refractivity contribution is 5.09. The summed E-state index contributed by atoms with van der Waals surface area (Å²) < 4.78 is 7.65. The molecule has 0 aromatic carbocycles. The zero-order valence-electron chi connectivity index (χ0n) is 9.81. The Morgan fingerprint density at radius 2 is 2.33 bits per heavy atom. The Morgan fingerprint density at radius 1 is 1.53 bits per heavy atom. The summed E-state index contributed by atoms with van der Waals surface area (Å²) in [6, 6.07) is 0. The van der Waals surface area contributed by atoms with Gasteiger partial charge in [0.05, 0.1) is 12.3 Å². The molecule has 1 saturated heterocycles. The Bertz CT molecular complexity index is 319. The van der Waals surface area contributed by atoms with Gasteiger partial charge in [0.2, 0.25) is 0 Å². The number of aromatic nitrogens is 2. The Morgan fingerprint density at radius 3 is 2.93 bits per heavy atom. The van der Waals surface area contributed by atoms with Gasteiger partial charge in [-0.1, -0.05) is 13.8 Å². The lowest BCUT2D eigenvalue weighted by Crippen LogP contribution is -2.23. The van der Waals surface area contributed by atoms with E-state index in [1.54, 1.807) is 0 Å². The highest BCUT2D eigenvalue weighted by Crippen LogP contribution is 2.34. The van der Waals surface area contributed by atoms with Gasteiger partial charge in [-0.2, -0.15) is 5.10 Å². The number of nitrogens with zero attached hydrogens (tertiary/aromatic N) is 2. The number of rotatable bonds is 2. The molecule has 0 amide bonds. The maximum absolute atomic E-state index is 5.80. The van der Waals surface area contributed by atoms with Crippen molar-refractivity contribution in [3.05, 3.63) is 18.0 Å². The lowest BCUT2D eigenvalue weighted by Gasteiger charge is -2.31. The van der Waals surface area contributed by atoms with Crippen molar-refractivity contribution in [2.24, 2.45) is 18.9 Å². The highest BCUT2D eigenvalue weighted by Gasteiger charge is 2.26. The Kier molecular flexibility index (Phi) is 3.10. The van der Waals surface area contributed by atoms with Gasteiger partial charge in [0, 0.05) is 25.4 Å². The van der Waals surface area contributed by atoms with Crippen LogP contribution in [0.25, 0.3) is 0 Å². The van der Waals surface area contributed by atoms with Crippen molar-refractivity contribution in [1.82, 2.24) is 9.78 Å². The summed E-state index contributed by atoms with van der Waals surface area (Å²) in [5.74, 6) is 1.55. The molecule has 0 saturated carbocycles. The lowest BCUT2D eigenvalue weighted by molar-refractivity contribution is -0.0205. The fourth-order valence-electron chi connectivity index (χ4n) is 2.27. The molecule has 0 N–H and O–H groups in total. The van der Waals surface area contributed by atoms with E-state index in [4.69, 9.17) is 4.74 Å². The first-order chi connectivity index (χ1) is 7.16. The van der Waals surface area contributed by atoms with Gasteiger partial charge >= 0.3 is 0 Å². The molecule has 1 aliphatic heterocycles. The quantitative estimate of drug-likeness (QED) is 0.746. The molecule has 2 heterocycles. The van der Waals surface area contributed by atoms with Gasteiger partial charge in [-0.05, 0) is 24.7 Å². The Balaban J connectivity index is 2.04. The lowest BCUT2D eigenvalue weighted by atomic mass is 9.85. The van der Waals surface area contributed by atoms with Crippen LogP contribution in [0.1, 0.15) is 38.4 Å². The molecular weight excluding hydrogens is 188 g/mol. The average molecular weight is 208 g/mol. The van der Waals surface area contributed by atoms with E-state index in [1.807, 2.05) is 17.9 Å². The SMILES string of the molecule is CC(C)[C@H]1CCO[C@@H](c2cnn(C)c2)C1. The zero-order chi connectivity index (χ0) is 10.8. The molecule has 0 radical (unpaired) electrons. The standard InChI is InChI=1S/C12H20N2O/c1-9(2)10-4-5-15-12(6-10)11-7-13-14(3)8-11/h7-10,12H,4-6H2,1-3H3/t10-,12+/m0/s1. The molecule has 2 atom stereocenters. The average Bonchev–Trinajstić information content (AvgIpc) is 2.65. The first kappa shape index (κ1) is 10.7. The molecule has 2 rings (SSSR count). The molecule has 15 heavy (non-hydrogen) atoms. The second-order valence-electron chi connectivity index (χ2n) is 4.84. The largest absolute Gasteiger partial charge is 0.373 e. The fourth-order valence-corrected chi connectivity index (χ4v) is 2.27. The molecule has 0 aliphatic carbocycles. The predicted octanol–water partition coefficient (Wildman–Crippen LogP) is 2.54. The van der Waals surface area contributed by atoms with Gasteiger partial charge in [-0.25, -0.2) is 0 Å². The molecule has 1 aromatic heterocycles. The van der Waals surface area contributed by atoms with E-state index in [2.05, 4.69) is 25.1 Å². The molecule has 1 aliphatic rings. The monoisotopic (exact) mass is 208 g/mol. The molecular formula is C12H20N2O. The van der Waals surface area contributed by atoms with Crippen LogP contribution >= 0.6 is 0 Å². The van der Waals surface area contributed by atoms with Crippen molar-refractivity contribution in [2.45, 2.75) is 32.8 Å². The van der Waals surface area contributed by atoms with Gasteiger partial charge in [-0.3, -0.25) is 4.68 Å². The summed E-state index contributed by atoms with van der Waals surface area (Å²) in [6.45, 7) is 5.50. The summed E-state index contributed by atoms with van der Waals surface area (Å²) in [5, 5.41) is 4.20. The van der Waals surface area contributed by atoms with Crippen LogP contribution in [0.5, 0.6) is 0 Å². The number of aryl methyl sites for hydroxylation is 1. The van der Waals surface area contributed by atoms with Gasteiger partial charge in [0.15, 0.2) is 0 Å². The van der Waals surface area contributed by atoms with E-state index in [0.29, 0.717) is 0 Å². The van der Waals surface area contributed by atoms with Gasteiger partial charge in [0.1, 0.15) is 0 Å². The van der Waals surface area contributed by atoms with Crippen LogP contribution in [0.2, 0.25) is 0 Å². The summed E-state index contributed by atoms with van der Waals surface area (Å²) in [5.41, 5.74) is 1.22. The maximum Gasteiger partial charge on any atom is 0.0858 e. The molecule has 0 bridgehead atoms. The van der Waals surface area contributed by atoms with Crippen LogP contribution in [0, 0.1) is 11.8 Å². The van der Waals surface area contributed by atoms with Crippen molar-refractivity contribution < 1.29 is 4.74 Å². The summed E-state index contributed by atoms with van der Waals surface area (Å²) in [6.07, 6.45) is 6.60. The molecule has 1 aromatic rings. The minimum Gasteiger partial charge on any atom is -0.373 e. The normalized spacial score (nSPS) is 27.2. The molecule has 0 unspecified atom stereocenters. The van der Waals surface area contributed by atoms with E-state index in [1.165, 1.54) is 12.0 Å². The minimum atomic E-state index is 0.264. The van der Waals surface area contributed by atoms with Gasteiger partial charge < -0.3 is 4.74 Å². The van der Waals surface area contributed by atoms with Crippen LogP contribution in [-0.2, 0) is 11.8 Å². The second-order valence-corrected chi connectivity index (χ2v) is 4.84. The first-order valence-corrected chi connectivity index (χ1v) is 5.77. The van der Waals surface area contributed by atoms with Crippen molar-refractivity contribution in [2.75, 3.05) is 6.61 Å². The van der Waals surface area contributed by atoms with E-state index < -0.39 is 0 Å². The third kappa shape index (κ3) is 2.40. The van der Waals surface area contributed by atoms with Crippen LogP contribution in [0.15, 0.2) is 12.4 Å². The molecule has 3 nitrogen and oxygen atoms in total. The first-order valence-electron chi connectivity index (χ1n) is 5.77. The molecule has 0 spiro atoms. The van der Waals surface area contributed by atoms with E-state index in [-0.39, 0.29) is 6.10 Å². The molecule has 84 valence electrons. The third-order valence-corrected chi connectivity index (χ3v) is 3.36. The summed E-state index contributed by atoms with van der Waals surface area (Å²) in [7, 11) is 1.95. The second kappa shape index (κ2) is 4.35. The van der Waals surface area contributed by atoms with Crippen LogP contribution in [0.4, 0.5) is 0 Å². The summed E-state index contributed by atoms with van der Waals surface area (Å²) in [4.78, 5) is 0. The minimum absolute atomic E-state index is 0.264. The zero-order valence-corrected chi connectivity index (χ0v) is 9.81. The third-order valence-electron chi connectivity index (χ3n) is 3.36. The van der Waals surface area contributed by atoms with Crippen molar-refractivity contribution in [3.63, 3.8) is 0 Å². The topological polar surface area (TPSA) is 27.1 Å². The fraction of sp³-hybridized carbons (Fsp3) is 0.750. The van der Waals surface area contributed by atoms with Crippen molar-refractivity contribution >= 4 is 0 Å². The maximum atomic E-state index is 5.80. The molecule has 3 heteroatoms. The smallest absolute Gasteiger partial charge is 0.0858 e. The highest BCUT2D eigenvalue weighted by atomic mass is 16.5. The number of hydrogen-bond donors (Lipinski definition) is 0. The predicted molar refractivity (Wildman–Crippen MR) is 59.5 cm³/mol. The van der Waals surface area contributed by atoms with Crippen molar-refractivity contribution in [1.29, 1.82) is 0 Å².